The van der Waals surface area contributed by atoms with Crippen LogP contribution >= 0.6 is 11.6 Å². The fourth-order valence-corrected chi connectivity index (χ4v) is 5.34. The number of alkyl halides is 1. The Morgan fingerprint density at radius 3 is 2.54 bits per heavy atom. The molecule has 35 heavy (non-hydrogen) atoms. The van der Waals surface area contributed by atoms with Crippen molar-refractivity contribution in [2.24, 2.45) is 0 Å². The molecule has 3 aromatic heterocycles. The number of anilines is 3. The predicted octanol–water partition coefficient (Wildman–Crippen LogP) is 3.75. The number of nitrogens with one attached hydrogen (secondary N) is 1. The lowest BCUT2D eigenvalue weighted by Crippen LogP contribution is -2.47. The van der Waals surface area contributed by atoms with Crippen LogP contribution in [0.2, 0.25) is 0 Å². The first-order valence-corrected chi connectivity index (χ1v) is 12.9. The van der Waals surface area contributed by atoms with Crippen molar-refractivity contribution in [2.45, 2.75) is 31.7 Å². The largest absolute Gasteiger partial charge is 0.368 e. The lowest BCUT2D eigenvalue weighted by Gasteiger charge is -2.35. The minimum Gasteiger partial charge on any atom is -0.368 e. The van der Waals surface area contributed by atoms with Crippen LogP contribution in [0, 0.1) is 0 Å². The molecule has 186 valence electrons. The van der Waals surface area contributed by atoms with Crippen LogP contribution in [0.15, 0.2) is 30.6 Å². The zero-order valence-electron chi connectivity index (χ0n) is 20.5. The first-order chi connectivity index (χ1) is 17.0. The van der Waals surface area contributed by atoms with Crippen molar-refractivity contribution in [3.8, 4) is 0 Å². The van der Waals surface area contributed by atoms with Gasteiger partial charge in [-0.25, -0.2) is 9.97 Å². The number of carbonyl (C=O) groups excluding carboxylic acids is 1. The summed E-state index contributed by atoms with van der Waals surface area (Å²) < 4.78 is 2.12. The predicted molar refractivity (Wildman–Crippen MR) is 140 cm³/mol. The molecular weight excluding hydrogens is 464 g/mol. The summed E-state index contributed by atoms with van der Waals surface area (Å²) in [6, 6.07) is 6.25. The molecule has 0 spiro atoms. The summed E-state index contributed by atoms with van der Waals surface area (Å²) in [6.45, 7) is 4.91. The van der Waals surface area contributed by atoms with E-state index in [1.165, 1.54) is 12.8 Å². The van der Waals surface area contributed by atoms with E-state index in [-0.39, 0.29) is 11.9 Å². The van der Waals surface area contributed by atoms with Crippen LogP contribution in [0.25, 0.3) is 11.0 Å². The van der Waals surface area contributed by atoms with E-state index < -0.39 is 0 Å². The highest BCUT2D eigenvalue weighted by Crippen LogP contribution is 2.35. The van der Waals surface area contributed by atoms with Gasteiger partial charge in [-0.3, -0.25) is 9.69 Å². The van der Waals surface area contributed by atoms with Gasteiger partial charge >= 0.3 is 0 Å². The monoisotopic (exact) mass is 496 g/mol. The van der Waals surface area contributed by atoms with Gasteiger partial charge in [-0.05, 0) is 31.0 Å². The molecule has 0 atom stereocenters. The van der Waals surface area contributed by atoms with Crippen LogP contribution in [0.4, 0.5) is 17.5 Å². The summed E-state index contributed by atoms with van der Waals surface area (Å²) in [6.07, 6.45) is 8.16. The molecule has 3 aromatic rings. The fraction of sp³-hybridized carbons (Fsp3) is 0.520. The van der Waals surface area contributed by atoms with E-state index in [1.54, 1.807) is 25.2 Å². The Kier molecular flexibility index (Phi) is 7.06. The van der Waals surface area contributed by atoms with Gasteiger partial charge in [0, 0.05) is 70.3 Å². The second-order valence-corrected chi connectivity index (χ2v) is 9.93. The number of aromatic nitrogens is 4. The summed E-state index contributed by atoms with van der Waals surface area (Å²) in [5.74, 6) is 1.84. The summed E-state index contributed by atoms with van der Waals surface area (Å²) >= 11 is 5.87. The first kappa shape index (κ1) is 23.8. The van der Waals surface area contributed by atoms with E-state index >= 15 is 0 Å². The van der Waals surface area contributed by atoms with Gasteiger partial charge in [-0.1, -0.05) is 12.8 Å². The fourth-order valence-electron chi connectivity index (χ4n) is 5.10. The van der Waals surface area contributed by atoms with Crippen LogP contribution < -0.4 is 10.2 Å². The maximum Gasteiger partial charge on any atom is 0.270 e. The lowest BCUT2D eigenvalue weighted by atomic mass is 10.2. The van der Waals surface area contributed by atoms with Gasteiger partial charge in [0.2, 0.25) is 5.95 Å². The molecule has 9 nitrogen and oxygen atoms in total. The van der Waals surface area contributed by atoms with Crippen molar-refractivity contribution in [3.05, 3.63) is 36.3 Å². The second kappa shape index (κ2) is 10.4. The molecule has 1 saturated heterocycles. The van der Waals surface area contributed by atoms with E-state index in [9.17, 15) is 4.79 Å². The van der Waals surface area contributed by atoms with Crippen LogP contribution in [-0.2, 0) is 0 Å². The van der Waals surface area contributed by atoms with Gasteiger partial charge in [0.1, 0.15) is 17.2 Å². The number of fused-ring (bicyclic) bond motifs is 1. The van der Waals surface area contributed by atoms with Crippen molar-refractivity contribution >= 4 is 46.0 Å². The van der Waals surface area contributed by atoms with Crippen molar-refractivity contribution in [1.29, 1.82) is 0 Å². The third-order valence-electron chi connectivity index (χ3n) is 7.02. The topological polar surface area (TPSA) is 82.4 Å². The Morgan fingerprint density at radius 1 is 1.11 bits per heavy atom. The average molecular weight is 497 g/mol. The molecule has 1 N–H and O–H groups in total. The lowest BCUT2D eigenvalue weighted by molar-refractivity contribution is 0.0815. The van der Waals surface area contributed by atoms with E-state index in [1.807, 2.05) is 18.3 Å². The third-order valence-corrected chi connectivity index (χ3v) is 7.19. The molecule has 1 amide bonds. The SMILES string of the molecule is CN(C)C(=O)c1cc2cnc(Nc3ccc(N4CCN(CCCl)CC4)cn3)nc2n1C1CCCC1. The minimum atomic E-state index is -0.00912. The van der Waals surface area contributed by atoms with Crippen molar-refractivity contribution in [2.75, 3.05) is 62.9 Å². The molecule has 2 aliphatic rings. The molecule has 5 rings (SSSR count). The Morgan fingerprint density at radius 2 is 1.89 bits per heavy atom. The molecular formula is C25H33ClN8O. The molecule has 1 aliphatic heterocycles. The molecule has 4 heterocycles. The van der Waals surface area contributed by atoms with Crippen molar-refractivity contribution < 1.29 is 4.79 Å². The molecule has 1 aliphatic carbocycles. The van der Waals surface area contributed by atoms with E-state index in [2.05, 4.69) is 35.7 Å². The van der Waals surface area contributed by atoms with Gasteiger partial charge in [0.05, 0.1) is 11.9 Å². The maximum absolute atomic E-state index is 12.9. The molecule has 0 aromatic carbocycles. The van der Waals surface area contributed by atoms with E-state index in [0.29, 0.717) is 23.3 Å². The minimum absolute atomic E-state index is 0.00912. The number of carbonyl (C=O) groups is 1. The highest BCUT2D eigenvalue weighted by Gasteiger charge is 2.26. The van der Waals surface area contributed by atoms with Crippen LogP contribution in [0.3, 0.4) is 0 Å². The van der Waals surface area contributed by atoms with Gasteiger partial charge in [-0.15, -0.1) is 11.6 Å². The van der Waals surface area contributed by atoms with Crippen molar-refractivity contribution in [3.63, 3.8) is 0 Å². The van der Waals surface area contributed by atoms with Crippen LogP contribution in [0.1, 0.15) is 42.2 Å². The van der Waals surface area contributed by atoms with Gasteiger partial charge in [-0.2, -0.15) is 4.98 Å². The zero-order chi connectivity index (χ0) is 24.4. The maximum atomic E-state index is 12.9. The number of pyridine rings is 1. The van der Waals surface area contributed by atoms with Gasteiger partial charge in [0.15, 0.2) is 0 Å². The first-order valence-electron chi connectivity index (χ1n) is 12.4. The highest BCUT2D eigenvalue weighted by molar-refractivity contribution is 6.18. The molecule has 10 heteroatoms. The standard InChI is InChI=1S/C25H33ClN8O/c1-31(2)24(35)21-15-18-16-28-25(30-23(18)34(21)19-5-3-4-6-19)29-22-8-7-20(17-27-22)33-13-11-32(10-9-26)12-14-33/h7-8,15-17,19H,3-6,9-14H2,1-2H3,(H,27,28,29,30). The number of hydrogen-bond donors (Lipinski definition) is 1. The van der Waals surface area contributed by atoms with Crippen molar-refractivity contribution in [1.82, 2.24) is 29.3 Å². The second-order valence-electron chi connectivity index (χ2n) is 9.55. The number of amides is 1. The average Bonchev–Trinajstić information content (AvgIpc) is 3.52. The molecule has 0 bridgehead atoms. The van der Waals surface area contributed by atoms with E-state index in [0.717, 1.165) is 62.3 Å². The summed E-state index contributed by atoms with van der Waals surface area (Å²) in [7, 11) is 3.57. The molecule has 0 radical (unpaired) electrons. The highest BCUT2D eigenvalue weighted by atomic mass is 35.5. The number of rotatable bonds is 7. The summed E-state index contributed by atoms with van der Waals surface area (Å²) in [4.78, 5) is 33.2. The normalized spacial score (nSPS) is 17.3. The molecule has 2 fully saturated rings. The molecule has 0 unspecified atom stereocenters. The summed E-state index contributed by atoms with van der Waals surface area (Å²) in [5.41, 5.74) is 2.59. The zero-order valence-corrected chi connectivity index (χ0v) is 21.2. The number of piperazine rings is 1. The Balaban J connectivity index is 1.35. The Bertz CT molecular complexity index is 1160. The van der Waals surface area contributed by atoms with Crippen LogP contribution in [0.5, 0.6) is 0 Å². The summed E-state index contributed by atoms with van der Waals surface area (Å²) in [5, 5.41) is 4.12. The van der Waals surface area contributed by atoms with E-state index in [4.69, 9.17) is 16.6 Å². The van der Waals surface area contributed by atoms with Crippen LogP contribution in [-0.4, -0.2) is 87.9 Å². The third kappa shape index (κ3) is 5.06. The quantitative estimate of drug-likeness (QED) is 0.499. The number of hydrogen-bond acceptors (Lipinski definition) is 7. The van der Waals surface area contributed by atoms with Gasteiger partial charge < -0.3 is 19.7 Å². The number of nitrogens with zero attached hydrogens (tertiary/aromatic N) is 7. The Labute approximate surface area is 211 Å². The molecule has 1 saturated carbocycles. The number of halogens is 1. The Hall–Kier alpha value is -2.91. The van der Waals surface area contributed by atoms with Gasteiger partial charge in [0.25, 0.3) is 5.91 Å². The smallest absolute Gasteiger partial charge is 0.270 e.